The number of aromatic nitrogens is 2. The number of carbonyl (C=O) groups excluding carboxylic acids is 2. The fourth-order valence-electron chi connectivity index (χ4n) is 4.20. The van der Waals surface area contributed by atoms with Crippen molar-refractivity contribution >= 4 is 46.1 Å². The van der Waals surface area contributed by atoms with E-state index in [1.165, 1.54) is 0 Å². The lowest BCUT2D eigenvalue weighted by Crippen LogP contribution is -2.37. The van der Waals surface area contributed by atoms with Gasteiger partial charge in [-0.05, 0) is 37.1 Å². The summed E-state index contributed by atoms with van der Waals surface area (Å²) in [4.78, 5) is 32.5. The number of hydrogen-bond acceptors (Lipinski definition) is 4. The normalized spacial score (nSPS) is 20.7. The van der Waals surface area contributed by atoms with E-state index in [9.17, 15) is 9.59 Å². The van der Waals surface area contributed by atoms with Gasteiger partial charge in [-0.2, -0.15) is 0 Å². The van der Waals surface area contributed by atoms with Crippen molar-refractivity contribution in [2.24, 2.45) is 0 Å². The number of imidazole rings is 1. The highest BCUT2D eigenvalue weighted by atomic mass is 35.5. The van der Waals surface area contributed by atoms with Gasteiger partial charge in [0.15, 0.2) is 0 Å². The summed E-state index contributed by atoms with van der Waals surface area (Å²) in [5.41, 5.74) is 2.17. The van der Waals surface area contributed by atoms with Gasteiger partial charge in [-0.25, -0.2) is 4.98 Å². The Morgan fingerprint density at radius 3 is 2.80 bits per heavy atom. The Hall–Kier alpha value is -2.90. The molecule has 8 heteroatoms. The molecule has 0 unspecified atom stereocenters. The lowest BCUT2D eigenvalue weighted by molar-refractivity contribution is -0.124. The molecule has 1 N–H and O–H groups in total. The summed E-state index contributed by atoms with van der Waals surface area (Å²) in [7, 11) is 0. The van der Waals surface area contributed by atoms with Crippen LogP contribution in [0.25, 0.3) is 11.0 Å². The highest BCUT2D eigenvalue weighted by molar-refractivity contribution is 6.33. The Kier molecular flexibility index (Phi) is 4.92. The van der Waals surface area contributed by atoms with Gasteiger partial charge >= 0.3 is 0 Å². The second-order valence-electron chi connectivity index (χ2n) is 7.60. The molecule has 7 nitrogen and oxygen atoms in total. The number of ether oxygens (including phenoxy) is 1. The fourth-order valence-corrected chi connectivity index (χ4v) is 4.38. The van der Waals surface area contributed by atoms with Crippen molar-refractivity contribution in [1.29, 1.82) is 0 Å². The van der Waals surface area contributed by atoms with Crippen LogP contribution in [0, 0.1) is 0 Å². The average molecular weight is 425 g/mol. The van der Waals surface area contributed by atoms with Crippen LogP contribution in [0.2, 0.25) is 5.02 Å². The molecule has 154 valence electrons. The molecule has 2 atom stereocenters. The van der Waals surface area contributed by atoms with Crippen molar-refractivity contribution in [2.75, 3.05) is 23.4 Å². The van der Waals surface area contributed by atoms with E-state index in [0.717, 1.165) is 23.9 Å². The van der Waals surface area contributed by atoms with Crippen molar-refractivity contribution in [3.8, 4) is 0 Å². The second-order valence-corrected chi connectivity index (χ2v) is 8.01. The van der Waals surface area contributed by atoms with Crippen molar-refractivity contribution in [3.63, 3.8) is 0 Å². The maximum atomic E-state index is 13.3. The summed E-state index contributed by atoms with van der Waals surface area (Å²) in [5, 5.41) is 3.27. The SMILES string of the molecule is O=C(C[C@H]1C(=O)N(C[C@H]2CCCO2)c2nc3ccccc3n21)Nc1ccccc1Cl. The first-order chi connectivity index (χ1) is 14.6. The van der Waals surface area contributed by atoms with E-state index >= 15 is 0 Å². The number of hydrogen-bond donors (Lipinski definition) is 1. The van der Waals surface area contributed by atoms with Gasteiger partial charge in [-0.15, -0.1) is 0 Å². The molecule has 5 rings (SSSR count). The van der Waals surface area contributed by atoms with Crippen molar-refractivity contribution in [1.82, 2.24) is 9.55 Å². The third-order valence-electron chi connectivity index (χ3n) is 5.62. The molecule has 0 radical (unpaired) electrons. The smallest absolute Gasteiger partial charge is 0.253 e. The Bertz CT molecular complexity index is 1120. The van der Waals surface area contributed by atoms with E-state index in [1.54, 1.807) is 29.2 Å². The van der Waals surface area contributed by atoms with Crippen LogP contribution in [0.4, 0.5) is 11.6 Å². The number of nitrogens with zero attached hydrogens (tertiary/aromatic N) is 3. The van der Waals surface area contributed by atoms with Gasteiger partial charge in [0.25, 0.3) is 5.91 Å². The molecule has 3 aromatic rings. The van der Waals surface area contributed by atoms with Gasteiger partial charge in [-0.3, -0.25) is 19.1 Å². The fraction of sp³-hybridized carbons (Fsp3) is 0.318. The summed E-state index contributed by atoms with van der Waals surface area (Å²) in [6, 6.07) is 14.0. The molecule has 1 fully saturated rings. The predicted molar refractivity (Wildman–Crippen MR) is 115 cm³/mol. The minimum atomic E-state index is -0.656. The Labute approximate surface area is 178 Å². The molecule has 2 aromatic carbocycles. The molecule has 0 bridgehead atoms. The number of fused-ring (bicyclic) bond motifs is 3. The van der Waals surface area contributed by atoms with E-state index in [2.05, 4.69) is 10.3 Å². The molecule has 0 saturated carbocycles. The van der Waals surface area contributed by atoms with Gasteiger partial charge < -0.3 is 10.1 Å². The van der Waals surface area contributed by atoms with Crippen molar-refractivity contribution in [2.45, 2.75) is 31.4 Å². The second kappa shape index (κ2) is 7.74. The summed E-state index contributed by atoms with van der Waals surface area (Å²) >= 11 is 6.15. The number of benzene rings is 2. The zero-order valence-corrected chi connectivity index (χ0v) is 17.0. The largest absolute Gasteiger partial charge is 0.376 e. The third-order valence-corrected chi connectivity index (χ3v) is 5.95. The van der Waals surface area contributed by atoms with Crippen LogP contribution in [0.15, 0.2) is 48.5 Å². The zero-order chi connectivity index (χ0) is 20.7. The monoisotopic (exact) mass is 424 g/mol. The van der Waals surface area contributed by atoms with Crippen molar-refractivity contribution < 1.29 is 14.3 Å². The van der Waals surface area contributed by atoms with Gasteiger partial charge in [0.2, 0.25) is 11.9 Å². The van der Waals surface area contributed by atoms with Crippen LogP contribution in [0.3, 0.4) is 0 Å². The van der Waals surface area contributed by atoms with Crippen LogP contribution in [0.1, 0.15) is 25.3 Å². The molecule has 1 aromatic heterocycles. The summed E-state index contributed by atoms with van der Waals surface area (Å²) in [6.45, 7) is 1.16. The van der Waals surface area contributed by atoms with Gasteiger partial charge in [0.1, 0.15) is 6.04 Å². The van der Waals surface area contributed by atoms with E-state index in [1.807, 2.05) is 28.8 Å². The average Bonchev–Trinajstić information content (AvgIpc) is 3.44. The number of anilines is 2. The minimum Gasteiger partial charge on any atom is -0.376 e. The number of carbonyl (C=O) groups is 2. The lowest BCUT2D eigenvalue weighted by atomic mass is 10.1. The molecule has 0 aliphatic carbocycles. The van der Waals surface area contributed by atoms with Gasteiger partial charge in [-0.1, -0.05) is 35.9 Å². The minimum absolute atomic E-state index is 0.000561. The number of para-hydroxylation sites is 3. The molecular formula is C22H21ClN4O3. The Morgan fingerprint density at radius 2 is 2.00 bits per heavy atom. The van der Waals surface area contributed by atoms with Crippen molar-refractivity contribution in [3.05, 3.63) is 53.6 Å². The predicted octanol–water partition coefficient (Wildman–Crippen LogP) is 3.79. The zero-order valence-electron chi connectivity index (χ0n) is 16.3. The summed E-state index contributed by atoms with van der Waals surface area (Å²) in [5.74, 6) is 0.171. The number of amides is 2. The van der Waals surface area contributed by atoms with Gasteiger partial charge in [0, 0.05) is 6.61 Å². The Balaban J connectivity index is 1.45. The molecule has 2 aliphatic rings. The lowest BCUT2D eigenvalue weighted by Gasteiger charge is -2.19. The number of nitrogens with one attached hydrogen (secondary N) is 1. The van der Waals surface area contributed by atoms with Crippen LogP contribution >= 0.6 is 11.6 Å². The molecular weight excluding hydrogens is 404 g/mol. The van der Waals surface area contributed by atoms with Crippen LogP contribution in [-0.2, 0) is 14.3 Å². The molecule has 1 saturated heterocycles. The molecule has 0 spiro atoms. The molecule has 2 amide bonds. The highest BCUT2D eigenvalue weighted by Gasteiger charge is 2.42. The summed E-state index contributed by atoms with van der Waals surface area (Å²) in [6.07, 6.45) is 1.91. The third kappa shape index (κ3) is 3.34. The molecule has 30 heavy (non-hydrogen) atoms. The van der Waals surface area contributed by atoms with Crippen LogP contribution in [-0.4, -0.2) is 40.6 Å². The maximum absolute atomic E-state index is 13.3. The first-order valence-electron chi connectivity index (χ1n) is 10.1. The number of rotatable bonds is 5. The topological polar surface area (TPSA) is 76.5 Å². The quantitative estimate of drug-likeness (QED) is 0.676. The molecule has 3 heterocycles. The van der Waals surface area contributed by atoms with Crippen LogP contribution in [0.5, 0.6) is 0 Å². The maximum Gasteiger partial charge on any atom is 0.253 e. The standard InChI is InChI=1S/C22H21ClN4O3/c23-15-7-1-2-8-16(15)24-20(28)12-19-21(29)26(13-14-6-5-11-30-14)22-25-17-9-3-4-10-18(17)27(19)22/h1-4,7-10,14,19H,5-6,11-13H2,(H,24,28)/t14-,19+/m1/s1. The summed E-state index contributed by atoms with van der Waals surface area (Å²) < 4.78 is 7.61. The van der Waals surface area contributed by atoms with Crippen LogP contribution < -0.4 is 10.2 Å². The number of halogens is 1. The van der Waals surface area contributed by atoms with E-state index in [4.69, 9.17) is 16.3 Å². The van der Waals surface area contributed by atoms with E-state index in [0.29, 0.717) is 29.8 Å². The van der Waals surface area contributed by atoms with E-state index < -0.39 is 6.04 Å². The van der Waals surface area contributed by atoms with Gasteiger partial charge in [0.05, 0.1) is 40.8 Å². The highest BCUT2D eigenvalue weighted by Crippen LogP contribution is 2.37. The first-order valence-corrected chi connectivity index (χ1v) is 10.4. The molecule has 2 aliphatic heterocycles. The first kappa shape index (κ1) is 19.1. The van der Waals surface area contributed by atoms with E-state index in [-0.39, 0.29) is 24.3 Å². The Morgan fingerprint density at radius 1 is 1.20 bits per heavy atom.